The van der Waals surface area contributed by atoms with E-state index >= 15 is 0 Å². The normalized spacial score (nSPS) is 19.1. The molecule has 0 nitrogen and oxygen atoms in total. The van der Waals surface area contributed by atoms with Crippen LogP contribution in [0.15, 0.2) is 41.0 Å². The Kier molecular flexibility index (Phi) is 5.65. The van der Waals surface area contributed by atoms with Crippen molar-refractivity contribution >= 4 is 5.92 Å². The van der Waals surface area contributed by atoms with E-state index in [9.17, 15) is 0 Å². The quantitative estimate of drug-likeness (QED) is 0.556. The van der Waals surface area contributed by atoms with E-state index in [4.69, 9.17) is 0 Å². The predicted octanol–water partition coefficient (Wildman–Crippen LogP) is 5.62. The van der Waals surface area contributed by atoms with Crippen molar-refractivity contribution in [3.05, 3.63) is 41.0 Å². The second kappa shape index (κ2) is 6.88. The fourth-order valence-corrected chi connectivity index (χ4v) is 23.0. The van der Waals surface area contributed by atoms with Gasteiger partial charge in [-0.3, -0.25) is 0 Å². The number of hydrogen-bond donors (Lipinski definition) is 0. The Balaban J connectivity index is 2.39. The Bertz CT molecular complexity index is 474. The standard InChI is InChI=1S/2C8H11.C2H7Si.Zr/c2*1-3-8-5-4-7(2)6-8;1-3-2;/h2*5H,3,6H2,1-2H3;3H,1-2H3;. The molecule has 0 unspecified atom stereocenters. The molecule has 0 aromatic rings. The molecule has 2 aliphatic rings. The average Bonchev–Trinajstić information content (AvgIpc) is 2.94. The van der Waals surface area contributed by atoms with E-state index < -0.39 is 26.8 Å². The van der Waals surface area contributed by atoms with Gasteiger partial charge >= 0.3 is 134 Å². The summed E-state index contributed by atoms with van der Waals surface area (Å²) in [5.41, 5.74) is 6.80. The Labute approximate surface area is 134 Å². The first-order valence-corrected chi connectivity index (χ1v) is 17.7. The first-order valence-electron chi connectivity index (χ1n) is 8.13. The zero-order valence-corrected chi connectivity index (χ0v) is 17.7. The summed E-state index contributed by atoms with van der Waals surface area (Å²) in [5, 5.41) is 0. The third-order valence-electron chi connectivity index (χ3n) is 4.67. The Hall–Kier alpha value is 0.0600. The molecule has 20 heavy (non-hydrogen) atoms. The van der Waals surface area contributed by atoms with Crippen LogP contribution in [0.4, 0.5) is 0 Å². The molecule has 0 saturated heterocycles. The van der Waals surface area contributed by atoms with E-state index in [1.54, 1.807) is 22.3 Å². The van der Waals surface area contributed by atoms with Gasteiger partial charge in [-0.05, 0) is 0 Å². The molecular formula is C18H29SiZr. The molecule has 0 bridgehead atoms. The molecule has 0 N–H and O–H groups in total. The summed E-state index contributed by atoms with van der Waals surface area (Å²) >= 11 is -1.56. The van der Waals surface area contributed by atoms with Gasteiger partial charge in [-0.1, -0.05) is 0 Å². The van der Waals surface area contributed by atoms with Gasteiger partial charge in [0.05, 0.1) is 0 Å². The number of hydrogen-bond acceptors (Lipinski definition) is 0. The van der Waals surface area contributed by atoms with E-state index in [0.29, 0.717) is 0 Å². The fourth-order valence-electron chi connectivity index (χ4n) is 3.46. The first-order chi connectivity index (χ1) is 9.47. The van der Waals surface area contributed by atoms with Crippen LogP contribution in [0.2, 0.25) is 13.1 Å². The molecule has 2 heteroatoms. The van der Waals surface area contributed by atoms with Gasteiger partial charge in [-0.2, -0.15) is 0 Å². The number of allylic oxidation sites excluding steroid dienone is 8. The molecule has 0 aromatic carbocycles. The SMILES string of the molecule is CCC1=C[C]([Zr]([C]2=C(C)CC(CC)=C2)[SiH](C)C)=C(C)C1. The van der Waals surface area contributed by atoms with E-state index in [0.717, 1.165) is 0 Å². The number of rotatable bonds is 5. The second-order valence-electron chi connectivity index (χ2n) is 6.62. The van der Waals surface area contributed by atoms with Gasteiger partial charge in [-0.25, -0.2) is 0 Å². The van der Waals surface area contributed by atoms with Gasteiger partial charge in [0.1, 0.15) is 0 Å². The molecule has 0 heterocycles. The average molecular weight is 365 g/mol. The van der Waals surface area contributed by atoms with Crippen molar-refractivity contribution in [2.24, 2.45) is 0 Å². The maximum atomic E-state index is 2.62. The van der Waals surface area contributed by atoms with Gasteiger partial charge in [-0.15, -0.1) is 0 Å². The van der Waals surface area contributed by atoms with Gasteiger partial charge in [0.2, 0.25) is 0 Å². The van der Waals surface area contributed by atoms with Crippen LogP contribution >= 0.6 is 0 Å². The summed E-state index contributed by atoms with van der Waals surface area (Å²) in [6, 6.07) is 0. The Morgan fingerprint density at radius 1 is 0.900 bits per heavy atom. The molecule has 0 radical (unpaired) electrons. The summed E-state index contributed by atoms with van der Waals surface area (Å²) in [6.07, 6.45) is 10.3. The van der Waals surface area contributed by atoms with Crippen LogP contribution in [-0.4, -0.2) is 5.92 Å². The van der Waals surface area contributed by atoms with Crippen molar-refractivity contribution in [3.63, 3.8) is 0 Å². The molecule has 2 rings (SSSR count). The third-order valence-corrected chi connectivity index (χ3v) is 23.7. The fraction of sp³-hybridized carbons (Fsp3) is 0.556. The molecule has 0 aromatic heterocycles. The molecular weight excluding hydrogens is 336 g/mol. The van der Waals surface area contributed by atoms with Crippen LogP contribution in [0, 0.1) is 0 Å². The maximum absolute atomic E-state index is 2.62. The van der Waals surface area contributed by atoms with Crippen molar-refractivity contribution < 1.29 is 20.9 Å². The summed E-state index contributed by atoms with van der Waals surface area (Å²) < 4.78 is 3.74. The van der Waals surface area contributed by atoms with Crippen LogP contribution < -0.4 is 0 Å². The van der Waals surface area contributed by atoms with Crippen molar-refractivity contribution in [3.8, 4) is 0 Å². The van der Waals surface area contributed by atoms with Crippen LogP contribution in [0.1, 0.15) is 53.4 Å². The summed E-state index contributed by atoms with van der Waals surface area (Å²) in [7, 11) is 0. The first kappa shape index (κ1) is 16.4. The molecule has 0 atom stereocenters. The third kappa shape index (κ3) is 3.28. The van der Waals surface area contributed by atoms with E-state index in [1.807, 2.05) is 6.56 Å². The molecule has 0 fully saturated rings. The monoisotopic (exact) mass is 363 g/mol. The van der Waals surface area contributed by atoms with Crippen LogP contribution in [0.5, 0.6) is 0 Å². The molecule has 0 spiro atoms. The van der Waals surface area contributed by atoms with Gasteiger partial charge in [0, 0.05) is 0 Å². The van der Waals surface area contributed by atoms with E-state index in [2.05, 4.69) is 52.9 Å². The molecule has 2 aliphatic carbocycles. The Morgan fingerprint density at radius 3 is 1.55 bits per heavy atom. The van der Waals surface area contributed by atoms with Gasteiger partial charge in [0.25, 0.3) is 0 Å². The topological polar surface area (TPSA) is 0 Å². The van der Waals surface area contributed by atoms with Gasteiger partial charge < -0.3 is 0 Å². The van der Waals surface area contributed by atoms with Crippen molar-refractivity contribution in [1.82, 2.24) is 0 Å². The van der Waals surface area contributed by atoms with E-state index in [1.165, 1.54) is 25.7 Å². The van der Waals surface area contributed by atoms with Crippen LogP contribution in [0.25, 0.3) is 0 Å². The summed E-state index contributed by atoms with van der Waals surface area (Å²) in [5.74, 6) is -0.554. The second-order valence-corrected chi connectivity index (χ2v) is 25.5. The van der Waals surface area contributed by atoms with Gasteiger partial charge in [0.15, 0.2) is 0 Å². The van der Waals surface area contributed by atoms with Crippen molar-refractivity contribution in [1.29, 1.82) is 0 Å². The van der Waals surface area contributed by atoms with Crippen LogP contribution in [0.3, 0.4) is 0 Å². The summed E-state index contributed by atoms with van der Waals surface area (Å²) in [6.45, 7) is 14.6. The zero-order chi connectivity index (χ0) is 14.9. The van der Waals surface area contributed by atoms with Crippen molar-refractivity contribution in [2.45, 2.75) is 66.5 Å². The molecule has 109 valence electrons. The minimum atomic E-state index is -1.56. The zero-order valence-electron chi connectivity index (χ0n) is 14.1. The minimum absolute atomic E-state index is 0.554. The summed E-state index contributed by atoms with van der Waals surface area (Å²) in [4.78, 5) is 0. The predicted molar refractivity (Wildman–Crippen MR) is 90.3 cm³/mol. The van der Waals surface area contributed by atoms with Crippen LogP contribution in [-0.2, 0) is 20.9 Å². The molecule has 0 aliphatic heterocycles. The molecule has 0 saturated carbocycles. The Morgan fingerprint density at radius 2 is 1.30 bits per heavy atom. The van der Waals surface area contributed by atoms with E-state index in [-0.39, 0.29) is 0 Å². The van der Waals surface area contributed by atoms with Crippen molar-refractivity contribution in [2.75, 3.05) is 0 Å². The molecule has 0 amide bonds.